The highest BCUT2D eigenvalue weighted by atomic mass is 31.2. The van der Waals surface area contributed by atoms with E-state index in [1.54, 1.807) is 80.8 Å². The number of benzene rings is 3. The summed E-state index contributed by atoms with van der Waals surface area (Å²) in [5.74, 6) is 0.160. The fourth-order valence-electron chi connectivity index (χ4n) is 4.64. The second-order valence-corrected chi connectivity index (χ2v) is 11.7. The minimum atomic E-state index is -4.91. The van der Waals surface area contributed by atoms with E-state index >= 15 is 0 Å². The molecule has 0 fully saturated rings. The van der Waals surface area contributed by atoms with Crippen molar-refractivity contribution in [3.8, 4) is 34.1 Å². The molecule has 3 aromatic carbocycles. The maximum absolute atomic E-state index is 13.4. The number of aromatic nitrogens is 1. The molecule has 11 heteroatoms. The van der Waals surface area contributed by atoms with Crippen LogP contribution in [0.3, 0.4) is 0 Å². The molecule has 0 amide bonds. The van der Waals surface area contributed by atoms with Gasteiger partial charge in [0.25, 0.3) is 0 Å². The molecule has 0 bridgehead atoms. The van der Waals surface area contributed by atoms with Gasteiger partial charge >= 0.3 is 14.0 Å². The van der Waals surface area contributed by atoms with Crippen molar-refractivity contribution in [3.05, 3.63) is 66.2 Å². The van der Waals surface area contributed by atoms with Crippen LogP contribution in [0.4, 0.5) is 13.2 Å². The number of hydrogen-bond donors (Lipinski definition) is 1. The van der Waals surface area contributed by atoms with Crippen LogP contribution in [0.5, 0.6) is 17.2 Å². The van der Waals surface area contributed by atoms with Gasteiger partial charge in [-0.15, -0.1) is 13.2 Å². The van der Waals surface area contributed by atoms with Gasteiger partial charge in [0.15, 0.2) is 11.5 Å². The second-order valence-electron chi connectivity index (χ2n) is 9.99. The van der Waals surface area contributed by atoms with Crippen LogP contribution in [0.1, 0.15) is 40.2 Å². The number of nitrogens with zero attached hydrogens (tertiary/aromatic N) is 1. The molecule has 1 atom stereocenters. The van der Waals surface area contributed by atoms with Crippen molar-refractivity contribution in [2.24, 2.45) is 0 Å². The van der Waals surface area contributed by atoms with E-state index in [1.165, 1.54) is 12.1 Å². The molecule has 0 spiro atoms. The summed E-state index contributed by atoms with van der Waals surface area (Å²) < 4.78 is 75.5. The van der Waals surface area contributed by atoms with Gasteiger partial charge in [-0.25, -0.2) is 0 Å². The Bertz CT molecular complexity index is 1580. The zero-order valence-corrected chi connectivity index (χ0v) is 24.5. The predicted molar refractivity (Wildman–Crippen MR) is 153 cm³/mol. The Hall–Kier alpha value is -3.46. The maximum Gasteiger partial charge on any atom is 0.573 e. The normalized spacial score (nSPS) is 13.6. The van der Waals surface area contributed by atoms with Crippen LogP contribution in [-0.4, -0.2) is 34.6 Å². The molecular formula is C30H33F3NO6P. The Labute approximate surface area is 237 Å². The lowest BCUT2D eigenvalue weighted by molar-refractivity contribution is -0.275. The summed E-state index contributed by atoms with van der Waals surface area (Å²) >= 11 is 0. The van der Waals surface area contributed by atoms with E-state index < -0.39 is 19.7 Å². The van der Waals surface area contributed by atoms with Crippen molar-refractivity contribution in [3.63, 3.8) is 0 Å². The lowest BCUT2D eigenvalue weighted by Crippen LogP contribution is -2.19. The third-order valence-electron chi connectivity index (χ3n) is 6.09. The third kappa shape index (κ3) is 6.89. The minimum Gasteiger partial charge on any atom is -0.491 e. The van der Waals surface area contributed by atoms with E-state index in [0.717, 1.165) is 0 Å². The summed E-state index contributed by atoms with van der Waals surface area (Å²) in [7, 11) is -4.26. The summed E-state index contributed by atoms with van der Waals surface area (Å²) in [6.45, 7) is 10.6. The highest BCUT2D eigenvalue weighted by Gasteiger charge is 2.34. The molecule has 0 aliphatic heterocycles. The number of aryl methyl sites for hydroxylation is 1. The van der Waals surface area contributed by atoms with Crippen LogP contribution in [-0.2, 0) is 9.09 Å². The Morgan fingerprint density at radius 1 is 0.878 bits per heavy atom. The zero-order valence-electron chi connectivity index (χ0n) is 23.7. The van der Waals surface area contributed by atoms with E-state index in [1.807, 2.05) is 13.8 Å². The molecule has 1 N–H and O–H groups in total. The summed E-state index contributed by atoms with van der Waals surface area (Å²) in [5.41, 5.74) is 2.88. The number of fused-ring (bicyclic) bond motifs is 1. The lowest BCUT2D eigenvalue weighted by Gasteiger charge is -2.17. The van der Waals surface area contributed by atoms with Gasteiger partial charge in [0.05, 0.1) is 24.3 Å². The number of ether oxygens (including phenoxy) is 3. The molecule has 0 saturated heterocycles. The quantitative estimate of drug-likeness (QED) is 0.189. The molecule has 4 rings (SSSR count). The molecule has 1 unspecified atom stereocenters. The molecular weight excluding hydrogens is 558 g/mol. The fraction of sp³-hybridized carbons (Fsp3) is 0.333. The highest BCUT2D eigenvalue weighted by Crippen LogP contribution is 2.46. The number of alkyl halides is 3. The average molecular weight is 592 g/mol. The monoisotopic (exact) mass is 591 g/mol. The smallest absolute Gasteiger partial charge is 0.491 e. The SMILES string of the molecule is CCOP(=O)(O)c1c(C)c2cc(-c3ccc(OC(C)C)c(OC(F)(F)F)c3)ccc2n1-c1ccc(OC(C)C)cc1. The van der Waals surface area contributed by atoms with Gasteiger partial charge < -0.3 is 28.2 Å². The van der Waals surface area contributed by atoms with Crippen molar-refractivity contribution >= 4 is 23.9 Å². The Morgan fingerprint density at radius 3 is 2.07 bits per heavy atom. The lowest BCUT2D eigenvalue weighted by atomic mass is 10.0. The molecule has 41 heavy (non-hydrogen) atoms. The van der Waals surface area contributed by atoms with Crippen molar-refractivity contribution in [2.45, 2.75) is 60.1 Å². The molecule has 1 aromatic heterocycles. The minimum absolute atomic E-state index is 0.0202. The second kappa shape index (κ2) is 11.8. The number of rotatable bonds is 10. The van der Waals surface area contributed by atoms with Crippen molar-refractivity contribution in [2.75, 3.05) is 6.61 Å². The van der Waals surface area contributed by atoms with Gasteiger partial charge in [-0.1, -0.05) is 12.1 Å². The largest absolute Gasteiger partial charge is 0.573 e. The Balaban J connectivity index is 1.89. The van der Waals surface area contributed by atoms with E-state index in [2.05, 4.69) is 4.74 Å². The van der Waals surface area contributed by atoms with E-state index in [-0.39, 0.29) is 30.0 Å². The van der Waals surface area contributed by atoms with Gasteiger partial charge in [-0.3, -0.25) is 4.57 Å². The standard InChI is InChI=1S/C30H33F3NO6P/c1-7-37-41(35,36)29-20(6)25-16-21(22-9-15-27(39-19(4)5)28(17-22)40-30(31,32)33)8-14-26(25)34(29)23-10-12-24(13-11-23)38-18(2)3/h8-19H,7H2,1-6H3,(H,35,36). The van der Waals surface area contributed by atoms with Gasteiger partial charge in [-0.2, -0.15) is 0 Å². The first-order valence-corrected chi connectivity index (χ1v) is 14.7. The topological polar surface area (TPSA) is 79.2 Å². The van der Waals surface area contributed by atoms with Crippen molar-refractivity contribution in [1.29, 1.82) is 0 Å². The van der Waals surface area contributed by atoms with Crippen LogP contribution in [0.25, 0.3) is 27.7 Å². The van der Waals surface area contributed by atoms with E-state index in [0.29, 0.717) is 39.0 Å². The van der Waals surface area contributed by atoms with Gasteiger partial charge in [0.1, 0.15) is 11.2 Å². The first-order chi connectivity index (χ1) is 19.2. The van der Waals surface area contributed by atoms with Crippen LogP contribution in [0.2, 0.25) is 0 Å². The predicted octanol–water partition coefficient (Wildman–Crippen LogP) is 7.93. The molecule has 0 radical (unpaired) electrons. The molecule has 0 aliphatic rings. The average Bonchev–Trinajstić information content (AvgIpc) is 3.16. The number of hydrogen-bond acceptors (Lipinski definition) is 5. The maximum atomic E-state index is 13.4. The summed E-state index contributed by atoms with van der Waals surface area (Å²) in [6, 6.07) is 16.7. The van der Waals surface area contributed by atoms with Crippen molar-refractivity contribution in [1.82, 2.24) is 4.57 Å². The third-order valence-corrected chi connectivity index (χ3v) is 7.77. The first-order valence-electron chi connectivity index (χ1n) is 13.2. The summed E-state index contributed by atoms with van der Waals surface area (Å²) in [4.78, 5) is 11.0. The van der Waals surface area contributed by atoms with Gasteiger partial charge in [-0.05, 0) is 107 Å². The molecule has 4 aromatic rings. The Kier molecular flexibility index (Phi) is 8.78. The van der Waals surface area contributed by atoms with E-state index in [4.69, 9.17) is 14.0 Å². The van der Waals surface area contributed by atoms with E-state index in [9.17, 15) is 22.6 Å². The summed E-state index contributed by atoms with van der Waals surface area (Å²) in [6.07, 6.45) is -5.29. The Morgan fingerprint density at radius 2 is 1.49 bits per heavy atom. The van der Waals surface area contributed by atoms with Crippen LogP contribution in [0, 0.1) is 6.92 Å². The zero-order chi connectivity index (χ0) is 30.1. The van der Waals surface area contributed by atoms with Crippen LogP contribution < -0.4 is 19.6 Å². The molecule has 0 aliphatic carbocycles. The molecule has 1 heterocycles. The molecule has 7 nitrogen and oxygen atoms in total. The molecule has 0 saturated carbocycles. The van der Waals surface area contributed by atoms with Crippen LogP contribution in [0.15, 0.2) is 60.7 Å². The van der Waals surface area contributed by atoms with Crippen molar-refractivity contribution < 1.29 is 41.4 Å². The number of halogens is 3. The van der Waals surface area contributed by atoms with Gasteiger partial charge in [0.2, 0.25) is 0 Å². The van der Waals surface area contributed by atoms with Crippen LogP contribution >= 0.6 is 7.60 Å². The summed E-state index contributed by atoms with van der Waals surface area (Å²) in [5, 5.41) is 0.634. The first kappa shape index (κ1) is 30.5. The van der Waals surface area contributed by atoms with Gasteiger partial charge in [0, 0.05) is 11.1 Å². The highest BCUT2D eigenvalue weighted by molar-refractivity contribution is 7.61. The fourth-order valence-corrected chi connectivity index (χ4v) is 6.13. The molecule has 220 valence electrons.